The van der Waals surface area contributed by atoms with Crippen LogP contribution in [-0.2, 0) is 61.3 Å². The van der Waals surface area contributed by atoms with Crippen molar-refractivity contribution < 1.29 is 33.1 Å². The first-order valence-corrected chi connectivity index (χ1v) is 17.4. The van der Waals surface area contributed by atoms with Crippen LogP contribution in [0.5, 0.6) is 0 Å². The van der Waals surface area contributed by atoms with E-state index in [0.29, 0.717) is 35.6 Å². The standard InChI is InChI=1S/C35H37N5O8S/c1-20(2)40(49(4)45)14-13-23-24-7-5-6-8-28(24)38-31-26(23)17-39-29(31)15-25-27(33(39)42)19-46-34(43)32(25)48-35(44)47-18-21-9-11-22(12-10-21)37-30(41)16-36-3/h5-12,15,20,32,36H,13-14,16-19H2,1-4H3,(H,37,41). The molecule has 2 atom stereocenters. The Hall–Kier alpha value is -4.76. The lowest BCUT2D eigenvalue weighted by atomic mass is 9.97. The van der Waals surface area contributed by atoms with Gasteiger partial charge in [0.25, 0.3) is 5.56 Å². The van der Waals surface area contributed by atoms with Crippen LogP contribution in [0.2, 0.25) is 0 Å². The molecule has 14 heteroatoms. The Labute approximate surface area is 285 Å². The number of pyridine rings is 2. The van der Waals surface area contributed by atoms with Gasteiger partial charge in [0, 0.05) is 46.1 Å². The summed E-state index contributed by atoms with van der Waals surface area (Å²) in [6.07, 6.45) is -0.378. The number of anilines is 1. The van der Waals surface area contributed by atoms with E-state index in [4.69, 9.17) is 19.2 Å². The first kappa shape index (κ1) is 34.1. The highest BCUT2D eigenvalue weighted by atomic mass is 32.2. The summed E-state index contributed by atoms with van der Waals surface area (Å²) in [6.45, 7) is 4.56. The van der Waals surface area contributed by atoms with Gasteiger partial charge < -0.3 is 34.0 Å². The molecule has 0 spiro atoms. The molecule has 2 aromatic carbocycles. The van der Waals surface area contributed by atoms with Gasteiger partial charge in [-0.3, -0.25) is 9.59 Å². The minimum absolute atomic E-state index is 0.0720. The number of para-hydroxylation sites is 1. The fourth-order valence-electron chi connectivity index (χ4n) is 6.27. The number of likely N-dealkylation sites (N-methyl/N-ethyl adjacent to an activating group) is 1. The number of hydrogen-bond acceptors (Lipinski definition) is 11. The molecule has 2 aliphatic heterocycles. The first-order valence-electron chi connectivity index (χ1n) is 15.9. The lowest BCUT2D eigenvalue weighted by Gasteiger charge is -2.25. The van der Waals surface area contributed by atoms with E-state index < -0.39 is 29.6 Å². The van der Waals surface area contributed by atoms with Crippen molar-refractivity contribution in [1.29, 1.82) is 0 Å². The number of cyclic esters (lactones) is 1. The molecule has 0 bridgehead atoms. The normalized spacial score (nSPS) is 15.4. The second kappa shape index (κ2) is 14.4. The Morgan fingerprint density at radius 1 is 1.14 bits per heavy atom. The van der Waals surface area contributed by atoms with Crippen LogP contribution in [0, 0.1) is 0 Å². The second-order valence-electron chi connectivity index (χ2n) is 12.1. The lowest BCUT2D eigenvalue weighted by molar-refractivity contribution is -0.159. The molecule has 0 saturated heterocycles. The minimum Gasteiger partial charge on any atom is -0.598 e. The zero-order valence-corrected chi connectivity index (χ0v) is 28.4. The fraction of sp³-hybridized carbons (Fsp3) is 0.343. The number of fused-ring (bicyclic) bond motifs is 5. The maximum atomic E-state index is 13.9. The van der Waals surface area contributed by atoms with Crippen LogP contribution in [-0.4, -0.2) is 68.9 Å². The number of nitrogens with zero attached hydrogens (tertiary/aromatic N) is 3. The fourth-order valence-corrected chi connectivity index (χ4v) is 7.21. The minimum atomic E-state index is -1.51. The second-order valence-corrected chi connectivity index (χ2v) is 13.4. The van der Waals surface area contributed by atoms with Crippen LogP contribution in [0.1, 0.15) is 47.8 Å². The van der Waals surface area contributed by atoms with E-state index in [2.05, 4.69) is 10.6 Å². The lowest BCUT2D eigenvalue weighted by Crippen LogP contribution is -2.37. The predicted molar refractivity (Wildman–Crippen MR) is 183 cm³/mol. The summed E-state index contributed by atoms with van der Waals surface area (Å²) in [5, 5.41) is 6.45. The maximum absolute atomic E-state index is 13.9. The molecular weight excluding hydrogens is 650 g/mol. The monoisotopic (exact) mass is 687 g/mol. The average molecular weight is 688 g/mol. The number of hydrogen-bond donors (Lipinski definition) is 2. The molecule has 0 saturated carbocycles. The van der Waals surface area contributed by atoms with Gasteiger partial charge in [-0.05, 0) is 62.7 Å². The summed E-state index contributed by atoms with van der Waals surface area (Å²) in [5.74, 6) is -1.01. The number of esters is 1. The van der Waals surface area contributed by atoms with Crippen molar-refractivity contribution in [2.45, 2.75) is 52.2 Å². The van der Waals surface area contributed by atoms with Crippen LogP contribution >= 0.6 is 0 Å². The largest absolute Gasteiger partial charge is 0.598 e. The number of carbonyl (C=O) groups is 3. The number of aromatic nitrogens is 2. The molecule has 0 aliphatic carbocycles. The molecule has 4 aromatic rings. The van der Waals surface area contributed by atoms with E-state index in [9.17, 15) is 23.7 Å². The summed E-state index contributed by atoms with van der Waals surface area (Å²) in [7, 11) is 1.67. The van der Waals surface area contributed by atoms with Gasteiger partial charge in [0.05, 0.1) is 35.6 Å². The van der Waals surface area contributed by atoms with Crippen molar-refractivity contribution in [1.82, 2.24) is 19.2 Å². The number of benzene rings is 2. The Morgan fingerprint density at radius 3 is 2.61 bits per heavy atom. The van der Waals surface area contributed by atoms with Crippen molar-refractivity contribution in [2.75, 3.05) is 31.7 Å². The van der Waals surface area contributed by atoms with Crippen LogP contribution in [0.25, 0.3) is 22.3 Å². The molecule has 2 N–H and O–H groups in total. The van der Waals surface area contributed by atoms with Gasteiger partial charge in [-0.1, -0.05) is 30.3 Å². The highest BCUT2D eigenvalue weighted by molar-refractivity contribution is 7.88. The van der Waals surface area contributed by atoms with Crippen molar-refractivity contribution >= 4 is 46.0 Å². The molecule has 2 aliphatic rings. The van der Waals surface area contributed by atoms with E-state index in [1.165, 1.54) is 0 Å². The molecule has 4 heterocycles. The van der Waals surface area contributed by atoms with Crippen LogP contribution in [0.4, 0.5) is 10.5 Å². The third-order valence-corrected chi connectivity index (χ3v) is 9.86. The zero-order valence-electron chi connectivity index (χ0n) is 27.6. The molecule has 1 amide bonds. The SMILES string of the molecule is CNCC(=O)Nc1ccc(COC(=O)OC2C(=O)OCc3c2cc2n(c3=O)Cc3c-2nc2ccccc2c3CCN(C(C)C)[S+](C)[O-])cc1. The maximum Gasteiger partial charge on any atom is 0.509 e. The average Bonchev–Trinajstić information content (AvgIpc) is 3.44. The Bertz CT molecular complexity index is 1970. The highest BCUT2D eigenvalue weighted by Crippen LogP contribution is 2.39. The summed E-state index contributed by atoms with van der Waals surface area (Å²) in [4.78, 5) is 56.4. The van der Waals surface area contributed by atoms with Crippen molar-refractivity contribution in [3.8, 4) is 11.4 Å². The van der Waals surface area contributed by atoms with Gasteiger partial charge >= 0.3 is 12.1 Å². The molecular formula is C35H37N5O8S. The summed E-state index contributed by atoms with van der Waals surface area (Å²) in [6, 6.07) is 16.2. The Morgan fingerprint density at radius 2 is 1.90 bits per heavy atom. The van der Waals surface area contributed by atoms with Gasteiger partial charge in [0.1, 0.15) is 19.5 Å². The molecule has 0 fully saturated rings. The van der Waals surface area contributed by atoms with Crippen LogP contribution in [0.3, 0.4) is 0 Å². The molecule has 13 nitrogen and oxygen atoms in total. The van der Waals surface area contributed by atoms with Gasteiger partial charge in [0.15, 0.2) is 0 Å². The molecule has 2 aromatic heterocycles. The number of nitrogens with one attached hydrogen (secondary N) is 2. The van der Waals surface area contributed by atoms with Crippen molar-refractivity contribution in [3.63, 3.8) is 0 Å². The van der Waals surface area contributed by atoms with Gasteiger partial charge in [-0.2, -0.15) is 0 Å². The Balaban J connectivity index is 1.26. The highest BCUT2D eigenvalue weighted by Gasteiger charge is 2.38. The van der Waals surface area contributed by atoms with Crippen molar-refractivity contribution in [2.24, 2.45) is 0 Å². The van der Waals surface area contributed by atoms with Crippen LogP contribution in [0.15, 0.2) is 59.4 Å². The number of rotatable bonds is 11. The summed E-state index contributed by atoms with van der Waals surface area (Å²) >= 11 is -1.16. The summed E-state index contributed by atoms with van der Waals surface area (Å²) in [5.41, 5.74) is 5.01. The molecule has 0 radical (unpaired) electrons. The Kier molecular flexibility index (Phi) is 10.0. The van der Waals surface area contributed by atoms with E-state index in [1.54, 1.807) is 48.2 Å². The smallest absolute Gasteiger partial charge is 0.509 e. The van der Waals surface area contributed by atoms with E-state index in [1.807, 2.05) is 42.4 Å². The molecule has 256 valence electrons. The molecule has 2 unspecified atom stereocenters. The number of ether oxygens (including phenoxy) is 3. The van der Waals surface area contributed by atoms with Crippen LogP contribution < -0.4 is 16.2 Å². The quantitative estimate of drug-likeness (QED) is 0.154. The van der Waals surface area contributed by atoms with E-state index >= 15 is 0 Å². The number of amides is 1. The molecule has 6 rings (SSSR count). The third kappa shape index (κ3) is 7.04. The van der Waals surface area contributed by atoms with Gasteiger partial charge in [-0.15, -0.1) is 4.31 Å². The number of carbonyl (C=O) groups excluding carboxylic acids is 3. The third-order valence-electron chi connectivity index (χ3n) is 8.59. The zero-order chi connectivity index (χ0) is 34.8. The summed E-state index contributed by atoms with van der Waals surface area (Å²) < 4.78 is 32.0. The topological polar surface area (TPSA) is 164 Å². The van der Waals surface area contributed by atoms with E-state index in [0.717, 1.165) is 22.0 Å². The van der Waals surface area contributed by atoms with E-state index in [-0.39, 0.29) is 54.9 Å². The first-order chi connectivity index (χ1) is 23.5. The molecule has 49 heavy (non-hydrogen) atoms. The van der Waals surface area contributed by atoms with Crippen molar-refractivity contribution in [3.05, 3.63) is 92.8 Å². The van der Waals surface area contributed by atoms with Gasteiger partial charge in [-0.25, -0.2) is 14.6 Å². The predicted octanol–water partition coefficient (Wildman–Crippen LogP) is 3.58. The van der Waals surface area contributed by atoms with Gasteiger partial charge in [0.2, 0.25) is 12.0 Å².